The van der Waals surface area contributed by atoms with E-state index in [0.29, 0.717) is 0 Å². The van der Waals surface area contributed by atoms with Crippen LogP contribution in [0.1, 0.15) is 40.0 Å². The SMILES string of the molecule is NC(c1ccc(Cl)cc1)c1nc2c(s1)CCCC2. The van der Waals surface area contributed by atoms with Gasteiger partial charge in [-0.05, 0) is 43.4 Å². The van der Waals surface area contributed by atoms with Crippen LogP contribution in [0.4, 0.5) is 0 Å². The Morgan fingerprint density at radius 1 is 1.17 bits per heavy atom. The van der Waals surface area contributed by atoms with E-state index in [1.54, 1.807) is 11.3 Å². The molecule has 18 heavy (non-hydrogen) atoms. The van der Waals surface area contributed by atoms with E-state index in [-0.39, 0.29) is 6.04 Å². The summed E-state index contributed by atoms with van der Waals surface area (Å²) in [7, 11) is 0. The van der Waals surface area contributed by atoms with Crippen molar-refractivity contribution >= 4 is 22.9 Å². The van der Waals surface area contributed by atoms with Gasteiger partial charge in [-0.15, -0.1) is 11.3 Å². The molecule has 0 bridgehead atoms. The topological polar surface area (TPSA) is 38.9 Å². The zero-order chi connectivity index (χ0) is 12.5. The molecule has 0 radical (unpaired) electrons. The Balaban J connectivity index is 1.89. The first-order valence-corrected chi connectivity index (χ1v) is 7.43. The summed E-state index contributed by atoms with van der Waals surface area (Å²) in [5.41, 5.74) is 8.63. The van der Waals surface area contributed by atoms with Gasteiger partial charge in [0.2, 0.25) is 0 Å². The highest BCUT2D eigenvalue weighted by Gasteiger charge is 2.19. The van der Waals surface area contributed by atoms with Crippen LogP contribution in [0.25, 0.3) is 0 Å². The lowest BCUT2D eigenvalue weighted by atomic mass is 10.0. The Bertz CT molecular complexity index is 524. The summed E-state index contributed by atoms with van der Waals surface area (Å²) in [6, 6.07) is 7.59. The van der Waals surface area contributed by atoms with Gasteiger partial charge in [0, 0.05) is 9.90 Å². The lowest BCUT2D eigenvalue weighted by Gasteiger charge is -2.08. The molecule has 2 N–H and O–H groups in total. The highest BCUT2D eigenvalue weighted by molar-refractivity contribution is 7.11. The number of nitrogens with zero attached hydrogens (tertiary/aromatic N) is 1. The van der Waals surface area contributed by atoms with Gasteiger partial charge >= 0.3 is 0 Å². The van der Waals surface area contributed by atoms with Crippen molar-refractivity contribution in [2.75, 3.05) is 0 Å². The Kier molecular flexibility index (Phi) is 3.37. The van der Waals surface area contributed by atoms with Gasteiger partial charge in [-0.2, -0.15) is 0 Å². The first-order chi connectivity index (χ1) is 8.74. The molecule has 1 aliphatic rings. The van der Waals surface area contributed by atoms with E-state index in [2.05, 4.69) is 0 Å². The molecule has 1 aromatic carbocycles. The van der Waals surface area contributed by atoms with Crippen molar-refractivity contribution in [2.45, 2.75) is 31.7 Å². The average molecular weight is 279 g/mol. The molecule has 0 aliphatic heterocycles. The predicted octanol–water partition coefficient (Wildman–Crippen LogP) is 3.72. The number of hydrogen-bond acceptors (Lipinski definition) is 3. The molecule has 4 heteroatoms. The molecular formula is C14H15ClN2S. The summed E-state index contributed by atoms with van der Waals surface area (Å²) < 4.78 is 0. The fraction of sp³-hybridized carbons (Fsp3) is 0.357. The molecule has 94 valence electrons. The molecule has 1 aliphatic carbocycles. The summed E-state index contributed by atoms with van der Waals surface area (Å²) in [6.45, 7) is 0. The molecule has 0 saturated heterocycles. The Hall–Kier alpha value is -0.900. The van der Waals surface area contributed by atoms with Crippen LogP contribution in [0, 0.1) is 0 Å². The summed E-state index contributed by atoms with van der Waals surface area (Å²) in [4.78, 5) is 6.14. The van der Waals surface area contributed by atoms with E-state index in [9.17, 15) is 0 Å². The number of halogens is 1. The van der Waals surface area contributed by atoms with Crippen molar-refractivity contribution in [1.82, 2.24) is 4.98 Å². The molecular weight excluding hydrogens is 264 g/mol. The molecule has 1 atom stereocenters. The first-order valence-electron chi connectivity index (χ1n) is 6.23. The molecule has 1 aromatic heterocycles. The van der Waals surface area contributed by atoms with E-state index in [0.717, 1.165) is 22.0 Å². The maximum atomic E-state index is 6.28. The molecule has 0 saturated carbocycles. The number of fused-ring (bicyclic) bond motifs is 1. The van der Waals surface area contributed by atoms with E-state index >= 15 is 0 Å². The van der Waals surface area contributed by atoms with Crippen LogP contribution >= 0.6 is 22.9 Å². The van der Waals surface area contributed by atoms with E-state index < -0.39 is 0 Å². The van der Waals surface area contributed by atoms with Gasteiger partial charge in [0.15, 0.2) is 0 Å². The zero-order valence-corrected chi connectivity index (χ0v) is 11.6. The van der Waals surface area contributed by atoms with Crippen LogP contribution in [0.2, 0.25) is 5.02 Å². The number of rotatable bonds is 2. The van der Waals surface area contributed by atoms with Crippen LogP contribution < -0.4 is 5.73 Å². The van der Waals surface area contributed by atoms with Crippen molar-refractivity contribution in [3.8, 4) is 0 Å². The van der Waals surface area contributed by atoms with Gasteiger partial charge in [0.1, 0.15) is 5.01 Å². The average Bonchev–Trinajstić information content (AvgIpc) is 2.82. The van der Waals surface area contributed by atoms with Crippen molar-refractivity contribution in [3.63, 3.8) is 0 Å². The van der Waals surface area contributed by atoms with Gasteiger partial charge in [-0.25, -0.2) is 4.98 Å². The van der Waals surface area contributed by atoms with Crippen molar-refractivity contribution in [1.29, 1.82) is 0 Å². The number of benzene rings is 1. The minimum atomic E-state index is -0.127. The van der Waals surface area contributed by atoms with Gasteiger partial charge in [-0.1, -0.05) is 23.7 Å². The maximum Gasteiger partial charge on any atom is 0.114 e. The number of thiazole rings is 1. The summed E-state index contributed by atoms with van der Waals surface area (Å²) >= 11 is 7.66. The Morgan fingerprint density at radius 2 is 1.89 bits per heavy atom. The zero-order valence-electron chi connectivity index (χ0n) is 10.0. The quantitative estimate of drug-likeness (QED) is 0.909. The van der Waals surface area contributed by atoms with Gasteiger partial charge < -0.3 is 5.73 Å². The van der Waals surface area contributed by atoms with Crippen LogP contribution in [0.5, 0.6) is 0 Å². The van der Waals surface area contributed by atoms with E-state index in [1.807, 2.05) is 24.3 Å². The summed E-state index contributed by atoms with van der Waals surface area (Å²) in [5.74, 6) is 0. The van der Waals surface area contributed by atoms with Gasteiger partial charge in [-0.3, -0.25) is 0 Å². The lowest BCUT2D eigenvalue weighted by Crippen LogP contribution is -2.11. The van der Waals surface area contributed by atoms with Crippen molar-refractivity contribution in [2.24, 2.45) is 5.73 Å². The number of aromatic nitrogens is 1. The second kappa shape index (κ2) is 5.00. The van der Waals surface area contributed by atoms with Crippen LogP contribution in [0.3, 0.4) is 0 Å². The molecule has 0 amide bonds. The summed E-state index contributed by atoms with van der Waals surface area (Å²) in [6.07, 6.45) is 4.82. The van der Waals surface area contributed by atoms with Crippen LogP contribution in [0.15, 0.2) is 24.3 Å². The lowest BCUT2D eigenvalue weighted by molar-refractivity contribution is 0.678. The molecule has 0 spiro atoms. The van der Waals surface area contributed by atoms with Gasteiger partial charge in [0.05, 0.1) is 11.7 Å². The summed E-state index contributed by atoms with van der Waals surface area (Å²) in [5, 5.41) is 1.77. The first kappa shape index (κ1) is 12.2. The van der Waals surface area contributed by atoms with Gasteiger partial charge in [0.25, 0.3) is 0 Å². The fourth-order valence-corrected chi connectivity index (χ4v) is 3.63. The predicted molar refractivity (Wildman–Crippen MR) is 76.2 cm³/mol. The third kappa shape index (κ3) is 2.30. The second-order valence-corrected chi connectivity index (χ2v) is 6.21. The van der Waals surface area contributed by atoms with Crippen molar-refractivity contribution < 1.29 is 0 Å². The number of nitrogens with two attached hydrogens (primary N) is 1. The van der Waals surface area contributed by atoms with Crippen molar-refractivity contribution in [3.05, 3.63) is 50.4 Å². The second-order valence-electron chi connectivity index (χ2n) is 4.66. The smallest absolute Gasteiger partial charge is 0.114 e. The molecule has 0 fully saturated rings. The largest absolute Gasteiger partial charge is 0.318 e. The maximum absolute atomic E-state index is 6.28. The van der Waals surface area contributed by atoms with Crippen LogP contribution in [-0.4, -0.2) is 4.98 Å². The van der Waals surface area contributed by atoms with Crippen LogP contribution in [-0.2, 0) is 12.8 Å². The van der Waals surface area contributed by atoms with E-state index in [1.165, 1.54) is 29.8 Å². The van der Waals surface area contributed by atoms with E-state index in [4.69, 9.17) is 22.3 Å². The molecule has 1 unspecified atom stereocenters. The Morgan fingerprint density at radius 3 is 2.61 bits per heavy atom. The highest BCUT2D eigenvalue weighted by Crippen LogP contribution is 2.31. The molecule has 1 heterocycles. The third-order valence-electron chi connectivity index (χ3n) is 3.36. The third-order valence-corrected chi connectivity index (χ3v) is 4.85. The minimum absolute atomic E-state index is 0.127. The highest BCUT2D eigenvalue weighted by atomic mass is 35.5. The number of hydrogen-bond donors (Lipinski definition) is 1. The fourth-order valence-electron chi connectivity index (χ4n) is 2.32. The monoisotopic (exact) mass is 278 g/mol. The Labute approximate surface area is 116 Å². The molecule has 2 aromatic rings. The standard InChI is InChI=1S/C14H15ClN2S/c15-10-7-5-9(6-8-10)13(16)14-17-11-3-1-2-4-12(11)18-14/h5-8,13H,1-4,16H2. The minimum Gasteiger partial charge on any atom is -0.318 e. The normalized spacial score (nSPS) is 16.3. The number of aryl methyl sites for hydroxylation is 2. The molecule has 2 nitrogen and oxygen atoms in total. The molecule has 3 rings (SSSR count).